The van der Waals surface area contributed by atoms with Crippen LogP contribution in [0.1, 0.15) is 45.5 Å². The lowest BCUT2D eigenvalue weighted by Crippen LogP contribution is -2.46. The average Bonchev–Trinajstić information content (AvgIpc) is 3.29. The first kappa shape index (κ1) is 21.9. The molecule has 0 radical (unpaired) electrons. The van der Waals surface area contributed by atoms with Crippen molar-refractivity contribution in [2.24, 2.45) is 7.05 Å². The van der Waals surface area contributed by atoms with E-state index >= 15 is 0 Å². The largest absolute Gasteiger partial charge is 0.462 e. The molecule has 2 N–H and O–H groups in total. The summed E-state index contributed by atoms with van der Waals surface area (Å²) in [5.41, 5.74) is 2.64. The van der Waals surface area contributed by atoms with Gasteiger partial charge in [-0.1, -0.05) is 0 Å². The Hall–Kier alpha value is -2.79. The van der Waals surface area contributed by atoms with Gasteiger partial charge in [0.2, 0.25) is 5.91 Å². The number of aryl methyl sites for hydroxylation is 2. The van der Waals surface area contributed by atoms with Crippen LogP contribution in [0.25, 0.3) is 0 Å². The van der Waals surface area contributed by atoms with E-state index < -0.39 is 5.97 Å². The number of ether oxygens (including phenoxy) is 1. The van der Waals surface area contributed by atoms with Gasteiger partial charge in [0.15, 0.2) is 0 Å². The molecule has 3 heterocycles. The van der Waals surface area contributed by atoms with Crippen molar-refractivity contribution in [1.82, 2.24) is 25.0 Å². The number of hydrogen-bond acceptors (Lipinski definition) is 8. The van der Waals surface area contributed by atoms with Gasteiger partial charge in [-0.15, -0.1) is 11.3 Å². The second-order valence-corrected chi connectivity index (χ2v) is 7.94. The fraction of sp³-hybridized carbons (Fsp3) is 0.526. The summed E-state index contributed by atoms with van der Waals surface area (Å²) < 4.78 is 6.44. The van der Waals surface area contributed by atoms with Crippen LogP contribution in [0.3, 0.4) is 0 Å². The van der Waals surface area contributed by atoms with Crippen molar-refractivity contribution >= 4 is 34.9 Å². The number of nitrogens with zero attached hydrogens (tertiary/aromatic N) is 4. The number of nitrogens with one attached hydrogen (secondary N) is 2. The van der Waals surface area contributed by atoms with Crippen LogP contribution in [0.2, 0.25) is 0 Å². The zero-order valence-electron chi connectivity index (χ0n) is 17.3. The third-order valence-corrected chi connectivity index (χ3v) is 5.86. The summed E-state index contributed by atoms with van der Waals surface area (Å²) in [5, 5.41) is 9.84. The molecule has 0 unspecified atom stereocenters. The smallest absolute Gasteiger partial charge is 0.343 e. The van der Waals surface area contributed by atoms with Crippen molar-refractivity contribution in [3.8, 4) is 0 Å². The molecule has 1 aliphatic heterocycles. The fourth-order valence-corrected chi connectivity index (χ4v) is 4.03. The van der Waals surface area contributed by atoms with E-state index in [0.29, 0.717) is 23.8 Å². The van der Waals surface area contributed by atoms with Crippen molar-refractivity contribution in [2.45, 2.75) is 32.7 Å². The third kappa shape index (κ3) is 5.22. The average molecular weight is 435 g/mol. The quantitative estimate of drug-likeness (QED) is 0.629. The maximum Gasteiger partial charge on any atom is 0.343 e. The first-order chi connectivity index (χ1) is 14.4. The predicted octanol–water partition coefficient (Wildman–Crippen LogP) is 1.19. The summed E-state index contributed by atoms with van der Waals surface area (Å²) in [6.07, 6.45) is 2.90. The standard InChI is InChI=1S/C19H26N6O4S/c1-4-29-19(28)14-9-21-24(3)17(14)23-15(26)10-25-7-5-13(6-8-25)22-18(27)16-12(2)20-11-30-16/h9,11,13H,4-8,10H2,1-3H3,(H,22,27)(H,23,26). The topological polar surface area (TPSA) is 118 Å². The third-order valence-electron chi connectivity index (χ3n) is 4.93. The van der Waals surface area contributed by atoms with Crippen molar-refractivity contribution < 1.29 is 19.1 Å². The van der Waals surface area contributed by atoms with Crippen molar-refractivity contribution in [3.63, 3.8) is 0 Å². The molecule has 0 saturated carbocycles. The maximum atomic E-state index is 12.5. The number of piperidine rings is 1. The van der Waals surface area contributed by atoms with Crippen LogP contribution in [-0.2, 0) is 16.6 Å². The lowest BCUT2D eigenvalue weighted by Gasteiger charge is -2.31. The molecule has 2 aromatic heterocycles. The number of anilines is 1. The van der Waals surface area contributed by atoms with Gasteiger partial charge in [0, 0.05) is 26.2 Å². The number of esters is 1. The lowest BCUT2D eigenvalue weighted by atomic mass is 10.0. The van der Waals surface area contributed by atoms with Crippen LogP contribution in [0, 0.1) is 6.92 Å². The van der Waals surface area contributed by atoms with Gasteiger partial charge in [-0.05, 0) is 26.7 Å². The van der Waals surface area contributed by atoms with E-state index in [1.165, 1.54) is 22.2 Å². The highest BCUT2D eigenvalue weighted by Gasteiger charge is 2.25. The minimum atomic E-state index is -0.520. The highest BCUT2D eigenvalue weighted by atomic mass is 32.1. The summed E-state index contributed by atoms with van der Waals surface area (Å²) in [4.78, 5) is 43.6. The lowest BCUT2D eigenvalue weighted by molar-refractivity contribution is -0.117. The molecule has 11 heteroatoms. The number of likely N-dealkylation sites (tertiary alicyclic amines) is 1. The van der Waals surface area contributed by atoms with E-state index in [1.807, 2.05) is 11.8 Å². The van der Waals surface area contributed by atoms with Gasteiger partial charge < -0.3 is 15.4 Å². The second kappa shape index (κ2) is 9.81. The minimum Gasteiger partial charge on any atom is -0.462 e. The maximum absolute atomic E-state index is 12.5. The minimum absolute atomic E-state index is 0.0748. The van der Waals surface area contributed by atoms with Gasteiger partial charge in [0.25, 0.3) is 5.91 Å². The number of hydrogen-bond donors (Lipinski definition) is 2. The first-order valence-electron chi connectivity index (χ1n) is 9.81. The SMILES string of the molecule is CCOC(=O)c1cnn(C)c1NC(=O)CN1CCC(NC(=O)c2scnc2C)CC1. The molecule has 30 heavy (non-hydrogen) atoms. The molecule has 2 amide bonds. The Morgan fingerprint density at radius 1 is 1.30 bits per heavy atom. The Balaban J connectivity index is 1.48. The summed E-state index contributed by atoms with van der Waals surface area (Å²) in [6.45, 7) is 5.36. The molecular weight excluding hydrogens is 408 g/mol. The molecule has 1 aliphatic rings. The molecule has 2 aromatic rings. The van der Waals surface area contributed by atoms with Gasteiger partial charge in [-0.25, -0.2) is 9.78 Å². The molecule has 1 fully saturated rings. The Morgan fingerprint density at radius 2 is 2.03 bits per heavy atom. The van der Waals surface area contributed by atoms with E-state index in [4.69, 9.17) is 4.74 Å². The molecule has 162 valence electrons. The summed E-state index contributed by atoms with van der Waals surface area (Å²) in [5.74, 6) is -0.519. The van der Waals surface area contributed by atoms with Crippen molar-refractivity contribution in [3.05, 3.63) is 27.8 Å². The highest BCUT2D eigenvalue weighted by Crippen LogP contribution is 2.17. The molecular formula is C19H26N6O4S. The van der Waals surface area contributed by atoms with E-state index in [-0.39, 0.29) is 36.6 Å². The first-order valence-corrected chi connectivity index (χ1v) is 10.7. The molecule has 10 nitrogen and oxygen atoms in total. The molecule has 0 spiro atoms. The zero-order valence-corrected chi connectivity index (χ0v) is 18.1. The predicted molar refractivity (Wildman–Crippen MR) is 112 cm³/mol. The second-order valence-electron chi connectivity index (χ2n) is 7.09. The van der Waals surface area contributed by atoms with Crippen LogP contribution in [0.15, 0.2) is 11.7 Å². The highest BCUT2D eigenvalue weighted by molar-refractivity contribution is 7.11. The number of thiazole rings is 1. The summed E-state index contributed by atoms with van der Waals surface area (Å²) in [6, 6.07) is 0.0748. The number of carbonyl (C=O) groups excluding carboxylic acids is 3. The molecule has 0 atom stereocenters. The van der Waals surface area contributed by atoms with Crippen molar-refractivity contribution in [1.29, 1.82) is 0 Å². The zero-order chi connectivity index (χ0) is 21.7. The van der Waals surface area contributed by atoms with E-state index in [2.05, 4.69) is 20.7 Å². The van der Waals surface area contributed by atoms with Crippen molar-refractivity contribution in [2.75, 3.05) is 31.6 Å². The van der Waals surface area contributed by atoms with E-state index in [9.17, 15) is 14.4 Å². The van der Waals surface area contributed by atoms with Gasteiger partial charge in [-0.2, -0.15) is 5.10 Å². The van der Waals surface area contributed by atoms with Crippen LogP contribution in [-0.4, -0.2) is 69.7 Å². The Morgan fingerprint density at radius 3 is 2.67 bits per heavy atom. The fourth-order valence-electron chi connectivity index (χ4n) is 3.32. The molecule has 1 saturated heterocycles. The number of carbonyl (C=O) groups is 3. The Labute approximate surface area is 178 Å². The molecule has 0 aliphatic carbocycles. The van der Waals surface area contributed by atoms with E-state index in [1.54, 1.807) is 19.5 Å². The van der Waals surface area contributed by atoms with Gasteiger partial charge in [-0.3, -0.25) is 19.2 Å². The molecule has 3 rings (SSSR count). The van der Waals surface area contributed by atoms with Gasteiger partial charge in [0.1, 0.15) is 16.3 Å². The Kier molecular flexibility index (Phi) is 7.16. The number of rotatable bonds is 7. The van der Waals surface area contributed by atoms with Crippen LogP contribution in [0.4, 0.5) is 5.82 Å². The van der Waals surface area contributed by atoms with Crippen LogP contribution >= 0.6 is 11.3 Å². The summed E-state index contributed by atoms with van der Waals surface area (Å²) in [7, 11) is 1.65. The molecule has 0 aromatic carbocycles. The van der Waals surface area contributed by atoms with Crippen LogP contribution < -0.4 is 10.6 Å². The normalized spacial score (nSPS) is 15.0. The number of amides is 2. The number of aromatic nitrogens is 3. The summed E-state index contributed by atoms with van der Waals surface area (Å²) >= 11 is 1.34. The van der Waals surface area contributed by atoms with Gasteiger partial charge in [0.05, 0.1) is 30.6 Å². The van der Waals surface area contributed by atoms with Gasteiger partial charge >= 0.3 is 5.97 Å². The van der Waals surface area contributed by atoms with E-state index in [0.717, 1.165) is 18.5 Å². The molecule has 0 bridgehead atoms. The Bertz CT molecular complexity index is 916. The van der Waals surface area contributed by atoms with Crippen LogP contribution in [0.5, 0.6) is 0 Å². The monoisotopic (exact) mass is 434 g/mol.